The van der Waals surface area contributed by atoms with E-state index in [1.165, 1.54) is 0 Å². The Morgan fingerprint density at radius 3 is 2.96 bits per heavy atom. The maximum atomic E-state index is 12.8. The lowest BCUT2D eigenvalue weighted by Crippen LogP contribution is -2.37. The normalized spacial score (nSPS) is 17.8. The molecule has 0 saturated carbocycles. The number of amides is 2. The van der Waals surface area contributed by atoms with E-state index in [1.54, 1.807) is 0 Å². The van der Waals surface area contributed by atoms with Gasteiger partial charge >= 0.3 is 0 Å². The third-order valence-electron chi connectivity index (χ3n) is 5.00. The Morgan fingerprint density at radius 1 is 1.36 bits per heavy atom. The molecule has 0 unspecified atom stereocenters. The van der Waals surface area contributed by atoms with Crippen LogP contribution < -0.4 is 10.6 Å². The van der Waals surface area contributed by atoms with Gasteiger partial charge in [-0.2, -0.15) is 5.10 Å². The second-order valence-corrected chi connectivity index (χ2v) is 7.42. The summed E-state index contributed by atoms with van der Waals surface area (Å²) in [7, 11) is 0. The quantitative estimate of drug-likeness (QED) is 0.804. The summed E-state index contributed by atoms with van der Waals surface area (Å²) in [5.41, 5.74) is 2.57. The molecule has 7 heteroatoms. The number of aryl methyl sites for hydroxylation is 2. The van der Waals surface area contributed by atoms with Crippen LogP contribution in [0.4, 0.5) is 5.82 Å². The highest BCUT2D eigenvalue weighted by Crippen LogP contribution is 2.16. The predicted molar refractivity (Wildman–Crippen MR) is 109 cm³/mol. The van der Waals surface area contributed by atoms with Crippen molar-refractivity contribution in [1.82, 2.24) is 20.0 Å². The zero-order valence-corrected chi connectivity index (χ0v) is 16.9. The summed E-state index contributed by atoms with van der Waals surface area (Å²) < 4.78 is 1.83. The molecular formula is C21H29N5O2. The average Bonchev–Trinajstić information content (AvgIpc) is 2.93. The van der Waals surface area contributed by atoms with E-state index in [-0.39, 0.29) is 17.9 Å². The first-order chi connectivity index (χ1) is 13.5. The summed E-state index contributed by atoms with van der Waals surface area (Å²) in [4.78, 5) is 26.7. The van der Waals surface area contributed by atoms with Crippen LogP contribution in [-0.2, 0) is 17.9 Å². The van der Waals surface area contributed by atoms with Gasteiger partial charge in [-0.05, 0) is 38.0 Å². The highest BCUT2D eigenvalue weighted by molar-refractivity contribution is 6.03. The first-order valence-electron chi connectivity index (χ1n) is 9.91. The molecule has 2 amide bonds. The standard InChI is InChI=1S/C21H29N5O2/c1-4-9-26-19(11-15(2)24-26)23-21(28)18-7-5-6-17(12-18)14-25-10-8-20(27)22-13-16(25)3/h5-7,11-12,16H,4,8-10,13-14H2,1-3H3,(H,22,27)(H,23,28)/t16-/m1/s1. The lowest BCUT2D eigenvalue weighted by molar-refractivity contribution is -0.120. The van der Waals surface area contributed by atoms with Crippen molar-refractivity contribution in [3.05, 3.63) is 47.2 Å². The average molecular weight is 383 g/mol. The second-order valence-electron chi connectivity index (χ2n) is 7.42. The number of hydrogen-bond acceptors (Lipinski definition) is 4. The molecule has 3 rings (SSSR count). The van der Waals surface area contributed by atoms with Crippen LogP contribution in [0.5, 0.6) is 0 Å². The number of anilines is 1. The number of nitrogens with zero attached hydrogens (tertiary/aromatic N) is 3. The predicted octanol–water partition coefficient (Wildman–Crippen LogP) is 2.56. The molecule has 2 N–H and O–H groups in total. The largest absolute Gasteiger partial charge is 0.355 e. The van der Waals surface area contributed by atoms with E-state index in [0.717, 1.165) is 36.6 Å². The summed E-state index contributed by atoms with van der Waals surface area (Å²) in [6, 6.07) is 9.83. The number of hydrogen-bond donors (Lipinski definition) is 2. The van der Waals surface area contributed by atoms with Crippen LogP contribution in [0, 0.1) is 6.92 Å². The van der Waals surface area contributed by atoms with Gasteiger partial charge in [-0.1, -0.05) is 19.1 Å². The summed E-state index contributed by atoms with van der Waals surface area (Å²) in [6.45, 7) is 8.97. The zero-order valence-electron chi connectivity index (χ0n) is 16.9. The Morgan fingerprint density at radius 2 is 2.18 bits per heavy atom. The van der Waals surface area contributed by atoms with Gasteiger partial charge in [0.05, 0.1) is 5.69 Å². The van der Waals surface area contributed by atoms with Crippen LogP contribution in [0.1, 0.15) is 48.3 Å². The van der Waals surface area contributed by atoms with Gasteiger partial charge in [-0.15, -0.1) is 0 Å². The minimum absolute atomic E-state index is 0.0986. The van der Waals surface area contributed by atoms with Crippen molar-refractivity contribution in [2.24, 2.45) is 0 Å². The van der Waals surface area contributed by atoms with Crippen molar-refractivity contribution in [3.8, 4) is 0 Å². The number of benzene rings is 1. The Labute approximate surface area is 166 Å². The topological polar surface area (TPSA) is 79.3 Å². The van der Waals surface area contributed by atoms with Crippen molar-refractivity contribution >= 4 is 17.6 Å². The number of rotatable bonds is 6. The van der Waals surface area contributed by atoms with Crippen LogP contribution in [0.15, 0.2) is 30.3 Å². The number of nitrogens with one attached hydrogen (secondary N) is 2. The minimum Gasteiger partial charge on any atom is -0.355 e. The Hall–Kier alpha value is -2.67. The molecule has 0 bridgehead atoms. The highest BCUT2D eigenvalue weighted by atomic mass is 16.2. The summed E-state index contributed by atoms with van der Waals surface area (Å²) in [5, 5.41) is 10.3. The lowest BCUT2D eigenvalue weighted by Gasteiger charge is -2.26. The molecule has 1 aliphatic rings. The van der Waals surface area contributed by atoms with Gasteiger partial charge < -0.3 is 10.6 Å². The minimum atomic E-state index is -0.139. The molecule has 28 heavy (non-hydrogen) atoms. The molecule has 1 fully saturated rings. The Bertz CT molecular complexity index is 845. The second kappa shape index (κ2) is 9.01. The van der Waals surface area contributed by atoms with E-state index in [4.69, 9.17) is 0 Å². The van der Waals surface area contributed by atoms with E-state index in [2.05, 4.69) is 34.5 Å². The fourth-order valence-corrected chi connectivity index (χ4v) is 3.44. The number of carbonyl (C=O) groups excluding carboxylic acids is 2. The molecule has 0 radical (unpaired) electrons. The molecule has 2 aromatic rings. The van der Waals surface area contributed by atoms with Gasteiger partial charge in [-0.3, -0.25) is 14.5 Å². The summed E-state index contributed by atoms with van der Waals surface area (Å²) in [6.07, 6.45) is 1.45. The first kappa shape index (κ1) is 20.1. The van der Waals surface area contributed by atoms with E-state index < -0.39 is 0 Å². The van der Waals surface area contributed by atoms with Crippen LogP contribution in [0.3, 0.4) is 0 Å². The SMILES string of the molecule is CCCn1nc(C)cc1NC(=O)c1cccc(CN2CCC(=O)NC[C@H]2C)c1. The number of aromatic nitrogens is 2. The highest BCUT2D eigenvalue weighted by Gasteiger charge is 2.20. The molecule has 150 valence electrons. The van der Waals surface area contributed by atoms with E-state index in [0.29, 0.717) is 25.1 Å². The van der Waals surface area contributed by atoms with Crippen molar-refractivity contribution in [3.63, 3.8) is 0 Å². The molecule has 7 nitrogen and oxygen atoms in total. The van der Waals surface area contributed by atoms with Gasteiger partial charge in [0.15, 0.2) is 0 Å². The third-order valence-corrected chi connectivity index (χ3v) is 5.00. The van der Waals surface area contributed by atoms with Crippen LogP contribution >= 0.6 is 0 Å². The molecule has 1 aromatic carbocycles. The van der Waals surface area contributed by atoms with Crippen molar-refractivity contribution in [1.29, 1.82) is 0 Å². The molecule has 2 heterocycles. The molecule has 1 saturated heterocycles. The van der Waals surface area contributed by atoms with Crippen LogP contribution in [0.25, 0.3) is 0 Å². The zero-order chi connectivity index (χ0) is 20.1. The van der Waals surface area contributed by atoms with Gasteiger partial charge in [0.1, 0.15) is 5.82 Å². The summed E-state index contributed by atoms with van der Waals surface area (Å²) >= 11 is 0. The van der Waals surface area contributed by atoms with Gasteiger partial charge in [0.25, 0.3) is 5.91 Å². The van der Waals surface area contributed by atoms with Crippen molar-refractivity contribution in [2.45, 2.75) is 52.7 Å². The fourth-order valence-electron chi connectivity index (χ4n) is 3.44. The fraction of sp³-hybridized carbons (Fsp3) is 0.476. The monoisotopic (exact) mass is 383 g/mol. The molecule has 0 spiro atoms. The van der Waals surface area contributed by atoms with Gasteiger partial charge in [0.2, 0.25) is 5.91 Å². The first-order valence-corrected chi connectivity index (χ1v) is 9.91. The Kier molecular flexibility index (Phi) is 6.46. The van der Waals surface area contributed by atoms with Crippen LogP contribution in [0.2, 0.25) is 0 Å². The van der Waals surface area contributed by atoms with Crippen molar-refractivity contribution in [2.75, 3.05) is 18.4 Å². The summed E-state index contributed by atoms with van der Waals surface area (Å²) in [5.74, 6) is 0.682. The van der Waals surface area contributed by atoms with Gasteiger partial charge in [-0.25, -0.2) is 4.68 Å². The molecule has 0 aliphatic carbocycles. The third kappa shape index (κ3) is 4.98. The number of carbonyl (C=O) groups is 2. The van der Waals surface area contributed by atoms with E-state index >= 15 is 0 Å². The van der Waals surface area contributed by atoms with E-state index in [1.807, 2.05) is 41.9 Å². The smallest absolute Gasteiger partial charge is 0.256 e. The molecule has 1 aliphatic heterocycles. The van der Waals surface area contributed by atoms with Crippen LogP contribution in [-0.4, -0.2) is 45.6 Å². The lowest BCUT2D eigenvalue weighted by atomic mass is 10.1. The van der Waals surface area contributed by atoms with Crippen molar-refractivity contribution < 1.29 is 9.59 Å². The molecule has 1 aromatic heterocycles. The maximum absolute atomic E-state index is 12.8. The Balaban J connectivity index is 1.70. The molecule has 1 atom stereocenters. The molecular weight excluding hydrogens is 354 g/mol. The van der Waals surface area contributed by atoms with Gasteiger partial charge in [0, 0.05) is 50.3 Å². The maximum Gasteiger partial charge on any atom is 0.256 e. The van der Waals surface area contributed by atoms with E-state index in [9.17, 15) is 9.59 Å².